The van der Waals surface area contributed by atoms with Crippen molar-refractivity contribution in [3.05, 3.63) is 78.5 Å². The molecule has 2 aliphatic heterocycles. The summed E-state index contributed by atoms with van der Waals surface area (Å²) in [6, 6.07) is 15.5. The molecule has 0 amide bonds. The highest BCUT2D eigenvalue weighted by Crippen LogP contribution is 2.36. The molecule has 2 aromatic carbocycles. The number of halogens is 1. The van der Waals surface area contributed by atoms with Gasteiger partial charge >= 0.3 is 0 Å². The zero-order valence-electron chi connectivity index (χ0n) is 19.7. The minimum atomic E-state index is -0.231. The Kier molecular flexibility index (Phi) is 5.49. The number of fused-ring (bicyclic) bond motifs is 5. The Bertz CT molecular complexity index is 1400. The molecule has 7 heteroatoms. The lowest BCUT2D eigenvalue weighted by Crippen LogP contribution is -2.21. The molecule has 0 bridgehead atoms. The summed E-state index contributed by atoms with van der Waals surface area (Å²) in [6.07, 6.45) is 7.10. The van der Waals surface area contributed by atoms with Crippen LogP contribution in [0.5, 0.6) is 0 Å². The van der Waals surface area contributed by atoms with E-state index in [1.165, 1.54) is 23.4 Å². The van der Waals surface area contributed by atoms with Gasteiger partial charge in [0.2, 0.25) is 0 Å². The van der Waals surface area contributed by atoms with E-state index in [-0.39, 0.29) is 12.4 Å². The van der Waals surface area contributed by atoms with Crippen LogP contribution in [0.4, 0.5) is 10.1 Å². The minimum absolute atomic E-state index is 0.0295. The monoisotopic (exact) mass is 469 g/mol. The number of aliphatic hydroxyl groups excluding tert-OH is 1. The van der Waals surface area contributed by atoms with Crippen LogP contribution in [0, 0.1) is 11.7 Å². The molecule has 4 aromatic rings. The molecule has 0 aliphatic carbocycles. The number of nitrogens with zero attached hydrogens (tertiary/aromatic N) is 5. The number of aliphatic imine (C=N–C) groups is 1. The van der Waals surface area contributed by atoms with Crippen molar-refractivity contribution in [3.63, 3.8) is 0 Å². The Morgan fingerprint density at radius 3 is 2.83 bits per heavy atom. The van der Waals surface area contributed by atoms with Gasteiger partial charge < -0.3 is 14.6 Å². The van der Waals surface area contributed by atoms with E-state index in [0.29, 0.717) is 5.92 Å². The number of aromatic nitrogens is 3. The maximum atomic E-state index is 13.4. The van der Waals surface area contributed by atoms with Gasteiger partial charge in [0, 0.05) is 61.7 Å². The van der Waals surface area contributed by atoms with E-state index >= 15 is 0 Å². The van der Waals surface area contributed by atoms with Gasteiger partial charge in [-0.3, -0.25) is 9.56 Å². The molecule has 1 saturated heterocycles. The second-order valence-corrected chi connectivity index (χ2v) is 9.52. The summed E-state index contributed by atoms with van der Waals surface area (Å²) in [5.74, 6) is 1.18. The summed E-state index contributed by atoms with van der Waals surface area (Å²) >= 11 is 0. The lowest BCUT2D eigenvalue weighted by molar-refractivity contribution is 0.356. The molecule has 1 fully saturated rings. The highest BCUT2D eigenvalue weighted by molar-refractivity contribution is 5.82. The zero-order valence-corrected chi connectivity index (χ0v) is 19.7. The van der Waals surface area contributed by atoms with E-state index in [0.717, 1.165) is 66.6 Å². The number of anilines is 1. The smallest absolute Gasteiger partial charge is 0.161 e. The molecule has 1 N–H and O–H groups in total. The number of hydrogen-bond acceptors (Lipinski definition) is 4. The number of benzene rings is 2. The third kappa shape index (κ3) is 4.06. The Balaban J connectivity index is 1.32. The van der Waals surface area contributed by atoms with Crippen molar-refractivity contribution >= 4 is 11.4 Å². The van der Waals surface area contributed by atoms with Crippen molar-refractivity contribution < 1.29 is 9.50 Å². The molecular formula is C28H28FN5O. The van der Waals surface area contributed by atoms with Crippen molar-refractivity contribution in [1.29, 1.82) is 0 Å². The summed E-state index contributed by atoms with van der Waals surface area (Å²) in [4.78, 5) is 11.6. The van der Waals surface area contributed by atoms with Crippen LogP contribution in [-0.2, 0) is 6.54 Å². The fraction of sp³-hybridized carbons (Fsp3) is 0.286. The van der Waals surface area contributed by atoms with E-state index < -0.39 is 0 Å². The third-order valence-electron chi connectivity index (χ3n) is 7.11. The SMILES string of the molecule is CC(CO)=NC[C@@H]1CCN(c2ccc3c(c2)Cn2cc(-c4ccc(F)cc4)cc2-c2nccn2-3)C1. The molecule has 6 rings (SSSR count). The maximum Gasteiger partial charge on any atom is 0.161 e. The predicted octanol–water partition coefficient (Wildman–Crippen LogP) is 4.79. The molecule has 0 radical (unpaired) electrons. The summed E-state index contributed by atoms with van der Waals surface area (Å²) in [7, 11) is 0. The van der Waals surface area contributed by atoms with Crippen molar-refractivity contribution in [1.82, 2.24) is 14.1 Å². The molecule has 178 valence electrons. The van der Waals surface area contributed by atoms with E-state index in [2.05, 4.69) is 54.5 Å². The van der Waals surface area contributed by atoms with Crippen LogP contribution >= 0.6 is 0 Å². The van der Waals surface area contributed by atoms with E-state index in [1.54, 1.807) is 0 Å². The van der Waals surface area contributed by atoms with Crippen LogP contribution in [0.2, 0.25) is 0 Å². The van der Waals surface area contributed by atoms with Gasteiger partial charge in [0.15, 0.2) is 5.82 Å². The van der Waals surface area contributed by atoms with Crippen molar-refractivity contribution in [2.45, 2.75) is 19.9 Å². The molecule has 35 heavy (non-hydrogen) atoms. The first kappa shape index (κ1) is 21.8. The summed E-state index contributed by atoms with van der Waals surface area (Å²) in [6.45, 7) is 5.39. The van der Waals surface area contributed by atoms with E-state index in [4.69, 9.17) is 0 Å². The first-order valence-corrected chi connectivity index (χ1v) is 12.1. The quantitative estimate of drug-likeness (QED) is 0.377. The second-order valence-electron chi connectivity index (χ2n) is 9.52. The Hall–Kier alpha value is -3.71. The first-order chi connectivity index (χ1) is 17.1. The van der Waals surface area contributed by atoms with Gasteiger partial charge in [0.25, 0.3) is 0 Å². The Labute approximate surface area is 204 Å². The number of aliphatic hydroxyl groups is 1. The van der Waals surface area contributed by atoms with Gasteiger partial charge in [0.1, 0.15) is 5.82 Å². The van der Waals surface area contributed by atoms with E-state index in [1.807, 2.05) is 31.5 Å². The molecule has 0 unspecified atom stereocenters. The highest BCUT2D eigenvalue weighted by atomic mass is 19.1. The average molecular weight is 470 g/mol. The molecule has 2 aromatic heterocycles. The van der Waals surface area contributed by atoms with Crippen LogP contribution in [0.15, 0.2) is 72.1 Å². The van der Waals surface area contributed by atoms with Gasteiger partial charge in [-0.15, -0.1) is 0 Å². The van der Waals surface area contributed by atoms with Gasteiger partial charge in [-0.1, -0.05) is 12.1 Å². The van der Waals surface area contributed by atoms with Gasteiger partial charge in [0.05, 0.1) is 18.0 Å². The number of hydrogen-bond donors (Lipinski definition) is 1. The summed E-state index contributed by atoms with van der Waals surface area (Å²) in [5.41, 5.74) is 7.49. The van der Waals surface area contributed by atoms with Crippen LogP contribution in [0.25, 0.3) is 28.3 Å². The topological polar surface area (TPSA) is 58.6 Å². The lowest BCUT2D eigenvalue weighted by atomic mass is 10.1. The molecule has 2 aliphatic rings. The van der Waals surface area contributed by atoms with Gasteiger partial charge in [-0.2, -0.15) is 0 Å². The lowest BCUT2D eigenvalue weighted by Gasteiger charge is -2.21. The fourth-order valence-electron chi connectivity index (χ4n) is 5.18. The molecule has 0 saturated carbocycles. The Morgan fingerprint density at radius 1 is 1.14 bits per heavy atom. The third-order valence-corrected chi connectivity index (χ3v) is 7.11. The molecular weight excluding hydrogens is 441 g/mol. The maximum absolute atomic E-state index is 13.4. The predicted molar refractivity (Wildman–Crippen MR) is 137 cm³/mol. The van der Waals surface area contributed by atoms with Crippen LogP contribution in [-0.4, -0.2) is 51.2 Å². The molecule has 0 spiro atoms. The zero-order chi connectivity index (χ0) is 23.9. The van der Waals surface area contributed by atoms with Crippen LogP contribution in [0.1, 0.15) is 18.9 Å². The summed E-state index contributed by atoms with van der Waals surface area (Å²) in [5, 5.41) is 9.21. The minimum Gasteiger partial charge on any atom is -0.390 e. The number of imidazole rings is 1. The first-order valence-electron chi connectivity index (χ1n) is 12.1. The van der Waals surface area contributed by atoms with Crippen LogP contribution < -0.4 is 4.90 Å². The fourth-order valence-corrected chi connectivity index (χ4v) is 5.18. The van der Waals surface area contributed by atoms with Crippen molar-refractivity contribution in [3.8, 4) is 28.3 Å². The normalized spacial score (nSPS) is 17.2. The average Bonchev–Trinajstić information content (AvgIpc) is 3.62. The molecule has 4 heterocycles. The van der Waals surface area contributed by atoms with Crippen molar-refractivity contribution in [2.75, 3.05) is 31.1 Å². The molecule has 6 nitrogen and oxygen atoms in total. The Morgan fingerprint density at radius 2 is 2.00 bits per heavy atom. The van der Waals surface area contributed by atoms with Gasteiger partial charge in [-0.25, -0.2) is 9.37 Å². The van der Waals surface area contributed by atoms with E-state index in [9.17, 15) is 9.50 Å². The standard InChI is InChI=1S/C28H28FN5O/c1-19(18-35)31-14-20-8-10-32(15-20)25-6-7-26-23(12-25)17-33-16-22(21-2-4-24(29)5-3-21)13-27(33)28-30-9-11-34(26)28/h2-7,9,11-13,16,20,35H,8,10,14-15,17-18H2,1H3/t20-/m0/s1. The van der Waals surface area contributed by atoms with Crippen molar-refractivity contribution in [2.24, 2.45) is 10.9 Å². The highest BCUT2D eigenvalue weighted by Gasteiger charge is 2.25. The largest absolute Gasteiger partial charge is 0.390 e. The summed E-state index contributed by atoms with van der Waals surface area (Å²) < 4.78 is 17.9. The second kappa shape index (κ2) is 8.82. The van der Waals surface area contributed by atoms with Gasteiger partial charge in [-0.05, 0) is 66.8 Å². The molecule has 1 atom stereocenters. The van der Waals surface area contributed by atoms with Crippen LogP contribution in [0.3, 0.4) is 0 Å². The number of rotatable bonds is 5.